The Kier molecular flexibility index (Phi) is 3.78. The maximum atomic E-state index is 5.81. The molecule has 1 fully saturated rings. The monoisotopic (exact) mass is 236 g/mol. The average molecular weight is 236 g/mol. The van der Waals surface area contributed by atoms with Crippen LogP contribution in [0.3, 0.4) is 0 Å². The van der Waals surface area contributed by atoms with E-state index < -0.39 is 0 Å². The van der Waals surface area contributed by atoms with Gasteiger partial charge in [0.15, 0.2) is 0 Å². The van der Waals surface area contributed by atoms with E-state index >= 15 is 0 Å². The van der Waals surface area contributed by atoms with Crippen molar-refractivity contribution in [1.29, 1.82) is 0 Å². The summed E-state index contributed by atoms with van der Waals surface area (Å²) in [5.74, 6) is 1.51. The van der Waals surface area contributed by atoms with Gasteiger partial charge in [0.1, 0.15) is 18.0 Å². The number of nitrogen functional groups attached to an aromatic ring is 1. The van der Waals surface area contributed by atoms with Crippen LogP contribution in [0.4, 0.5) is 11.6 Å². The molecule has 94 valence electrons. The highest BCUT2D eigenvalue weighted by Gasteiger charge is 2.22. The molecule has 1 atom stereocenters. The fraction of sp³-hybridized carbons (Fsp3) is 0.667. The lowest BCUT2D eigenvalue weighted by Crippen LogP contribution is -2.40. The molecule has 1 unspecified atom stereocenters. The molecule has 5 heteroatoms. The molecule has 0 aromatic carbocycles. The molecule has 5 nitrogen and oxygen atoms in total. The fourth-order valence-electron chi connectivity index (χ4n) is 2.28. The lowest BCUT2D eigenvalue weighted by molar-refractivity contribution is 0.0525. The minimum absolute atomic E-state index is 0.310. The Balaban J connectivity index is 2.13. The second kappa shape index (κ2) is 5.31. The zero-order chi connectivity index (χ0) is 12.3. The SMILES string of the molecule is CCOC1CCCN(c2ncnc(N)c2C)C1. The van der Waals surface area contributed by atoms with Crippen LogP contribution in [0.1, 0.15) is 25.3 Å². The van der Waals surface area contributed by atoms with E-state index in [1.54, 1.807) is 0 Å². The number of rotatable bonds is 3. The average Bonchev–Trinajstić information content (AvgIpc) is 2.33. The molecule has 2 N–H and O–H groups in total. The Hall–Kier alpha value is -1.36. The third-order valence-electron chi connectivity index (χ3n) is 3.18. The number of hydrogen-bond acceptors (Lipinski definition) is 5. The highest BCUT2D eigenvalue weighted by Crippen LogP contribution is 2.24. The summed E-state index contributed by atoms with van der Waals surface area (Å²) < 4.78 is 5.69. The van der Waals surface area contributed by atoms with E-state index in [-0.39, 0.29) is 0 Å². The first-order valence-corrected chi connectivity index (χ1v) is 6.16. The van der Waals surface area contributed by atoms with Gasteiger partial charge in [0.25, 0.3) is 0 Å². The summed E-state index contributed by atoms with van der Waals surface area (Å²) in [7, 11) is 0. The first-order valence-electron chi connectivity index (χ1n) is 6.16. The van der Waals surface area contributed by atoms with Crippen LogP contribution in [0.5, 0.6) is 0 Å². The normalized spacial score (nSPS) is 20.6. The zero-order valence-electron chi connectivity index (χ0n) is 10.5. The molecular weight excluding hydrogens is 216 g/mol. The van der Waals surface area contributed by atoms with Crippen molar-refractivity contribution in [3.05, 3.63) is 11.9 Å². The number of nitrogens with two attached hydrogens (primary N) is 1. The van der Waals surface area contributed by atoms with Gasteiger partial charge < -0.3 is 15.4 Å². The highest BCUT2D eigenvalue weighted by molar-refractivity contribution is 5.55. The van der Waals surface area contributed by atoms with E-state index in [1.165, 1.54) is 6.33 Å². The van der Waals surface area contributed by atoms with E-state index in [0.29, 0.717) is 11.9 Å². The first kappa shape index (κ1) is 12.1. The van der Waals surface area contributed by atoms with Crippen LogP contribution in [0.25, 0.3) is 0 Å². The largest absolute Gasteiger partial charge is 0.383 e. The van der Waals surface area contributed by atoms with Crippen molar-refractivity contribution in [2.45, 2.75) is 32.8 Å². The van der Waals surface area contributed by atoms with E-state index in [1.807, 2.05) is 13.8 Å². The fourth-order valence-corrected chi connectivity index (χ4v) is 2.28. The molecule has 0 radical (unpaired) electrons. The minimum Gasteiger partial charge on any atom is -0.383 e. The van der Waals surface area contributed by atoms with Gasteiger partial charge in [-0.05, 0) is 26.7 Å². The van der Waals surface area contributed by atoms with E-state index in [0.717, 1.165) is 43.9 Å². The van der Waals surface area contributed by atoms with Crippen molar-refractivity contribution in [2.75, 3.05) is 30.3 Å². The summed E-state index contributed by atoms with van der Waals surface area (Å²) in [4.78, 5) is 10.6. The van der Waals surface area contributed by atoms with Crippen molar-refractivity contribution in [3.63, 3.8) is 0 Å². The van der Waals surface area contributed by atoms with Gasteiger partial charge in [-0.1, -0.05) is 0 Å². The van der Waals surface area contributed by atoms with Crippen molar-refractivity contribution >= 4 is 11.6 Å². The molecule has 0 amide bonds. The van der Waals surface area contributed by atoms with E-state index in [2.05, 4.69) is 14.9 Å². The van der Waals surface area contributed by atoms with Crippen LogP contribution in [-0.2, 0) is 4.74 Å². The molecule has 2 heterocycles. The molecule has 0 saturated carbocycles. The minimum atomic E-state index is 0.310. The standard InChI is InChI=1S/C12H20N4O/c1-3-17-10-5-4-6-16(7-10)12-9(2)11(13)14-8-15-12/h8,10H,3-7H2,1-2H3,(H2,13,14,15). The zero-order valence-corrected chi connectivity index (χ0v) is 10.5. The molecule has 1 aromatic rings. The number of nitrogens with zero attached hydrogens (tertiary/aromatic N) is 3. The Morgan fingerprint density at radius 1 is 1.53 bits per heavy atom. The molecule has 1 aromatic heterocycles. The second-order valence-corrected chi connectivity index (χ2v) is 4.37. The van der Waals surface area contributed by atoms with Gasteiger partial charge in [-0.2, -0.15) is 0 Å². The number of hydrogen-bond donors (Lipinski definition) is 1. The Morgan fingerprint density at radius 2 is 2.35 bits per heavy atom. The Morgan fingerprint density at radius 3 is 3.12 bits per heavy atom. The van der Waals surface area contributed by atoms with Gasteiger partial charge in [-0.25, -0.2) is 9.97 Å². The summed E-state index contributed by atoms with van der Waals surface area (Å²) in [5.41, 5.74) is 6.77. The van der Waals surface area contributed by atoms with Crippen LogP contribution >= 0.6 is 0 Å². The molecule has 1 saturated heterocycles. The second-order valence-electron chi connectivity index (χ2n) is 4.37. The van der Waals surface area contributed by atoms with Crippen molar-refractivity contribution in [3.8, 4) is 0 Å². The molecule has 2 rings (SSSR count). The quantitative estimate of drug-likeness (QED) is 0.858. The maximum absolute atomic E-state index is 5.81. The summed E-state index contributed by atoms with van der Waals surface area (Å²) in [6, 6.07) is 0. The van der Waals surface area contributed by atoms with E-state index in [9.17, 15) is 0 Å². The third-order valence-corrected chi connectivity index (χ3v) is 3.18. The Bertz CT molecular complexity index is 381. The molecule has 17 heavy (non-hydrogen) atoms. The predicted molar refractivity (Wildman–Crippen MR) is 68.0 cm³/mol. The number of aromatic nitrogens is 2. The van der Waals surface area contributed by atoms with Crippen LogP contribution in [0.15, 0.2) is 6.33 Å². The van der Waals surface area contributed by atoms with Gasteiger partial charge in [-0.15, -0.1) is 0 Å². The number of ether oxygens (including phenoxy) is 1. The third kappa shape index (κ3) is 2.66. The summed E-state index contributed by atoms with van der Waals surface area (Å²) >= 11 is 0. The lowest BCUT2D eigenvalue weighted by atomic mass is 10.1. The Labute approximate surface area is 102 Å². The summed E-state index contributed by atoms with van der Waals surface area (Å²) in [5, 5.41) is 0. The number of anilines is 2. The molecular formula is C12H20N4O. The van der Waals surface area contributed by atoms with Gasteiger partial charge in [-0.3, -0.25) is 0 Å². The maximum Gasteiger partial charge on any atom is 0.137 e. The van der Waals surface area contributed by atoms with Gasteiger partial charge in [0.2, 0.25) is 0 Å². The number of piperidine rings is 1. The summed E-state index contributed by atoms with van der Waals surface area (Å²) in [6.07, 6.45) is 4.10. The first-order chi connectivity index (χ1) is 8.22. The van der Waals surface area contributed by atoms with Gasteiger partial charge in [0, 0.05) is 25.3 Å². The lowest BCUT2D eigenvalue weighted by Gasteiger charge is -2.34. The molecule has 0 spiro atoms. The molecule has 1 aliphatic rings. The van der Waals surface area contributed by atoms with Gasteiger partial charge >= 0.3 is 0 Å². The van der Waals surface area contributed by atoms with Crippen LogP contribution < -0.4 is 10.6 Å². The van der Waals surface area contributed by atoms with Crippen molar-refractivity contribution in [1.82, 2.24) is 9.97 Å². The topological polar surface area (TPSA) is 64.3 Å². The van der Waals surface area contributed by atoms with Crippen LogP contribution in [-0.4, -0.2) is 35.8 Å². The summed E-state index contributed by atoms with van der Waals surface area (Å²) in [6.45, 7) is 6.68. The molecule has 0 aliphatic carbocycles. The smallest absolute Gasteiger partial charge is 0.137 e. The van der Waals surface area contributed by atoms with Crippen molar-refractivity contribution in [2.24, 2.45) is 0 Å². The molecule has 1 aliphatic heterocycles. The van der Waals surface area contributed by atoms with Crippen LogP contribution in [0, 0.1) is 6.92 Å². The molecule has 0 bridgehead atoms. The van der Waals surface area contributed by atoms with Crippen LogP contribution in [0.2, 0.25) is 0 Å². The van der Waals surface area contributed by atoms with E-state index in [4.69, 9.17) is 10.5 Å². The highest BCUT2D eigenvalue weighted by atomic mass is 16.5. The predicted octanol–water partition coefficient (Wildman–Crippen LogP) is 1.37. The van der Waals surface area contributed by atoms with Crippen molar-refractivity contribution < 1.29 is 4.74 Å². The van der Waals surface area contributed by atoms with Gasteiger partial charge in [0.05, 0.1) is 6.10 Å².